The third-order valence-electron chi connectivity index (χ3n) is 5.91. The number of likely N-dealkylation sites (tertiary alicyclic amines) is 1. The van der Waals surface area contributed by atoms with Crippen LogP contribution in [-0.2, 0) is 6.54 Å². The van der Waals surface area contributed by atoms with E-state index in [2.05, 4.69) is 27.2 Å². The van der Waals surface area contributed by atoms with E-state index in [0.717, 1.165) is 60.0 Å². The molecule has 7 heteroatoms. The molecule has 164 valence electrons. The van der Waals surface area contributed by atoms with Gasteiger partial charge in [0.25, 0.3) is 0 Å². The number of benzene rings is 1. The van der Waals surface area contributed by atoms with Crippen molar-refractivity contribution in [3.63, 3.8) is 0 Å². The largest absolute Gasteiger partial charge is 0.494 e. The Morgan fingerprint density at radius 3 is 2.61 bits per heavy atom. The molecule has 31 heavy (non-hydrogen) atoms. The molecule has 0 amide bonds. The van der Waals surface area contributed by atoms with Gasteiger partial charge in [0.2, 0.25) is 5.95 Å². The van der Waals surface area contributed by atoms with E-state index in [1.54, 1.807) is 0 Å². The Hall–Kier alpha value is -2.93. The summed E-state index contributed by atoms with van der Waals surface area (Å²) in [6, 6.07) is 8.59. The van der Waals surface area contributed by atoms with Gasteiger partial charge in [-0.15, -0.1) is 0 Å². The Morgan fingerprint density at radius 2 is 1.97 bits per heavy atom. The van der Waals surface area contributed by atoms with Gasteiger partial charge < -0.3 is 14.2 Å². The van der Waals surface area contributed by atoms with Gasteiger partial charge in [-0.05, 0) is 57.9 Å². The molecule has 7 nitrogen and oxygen atoms in total. The highest BCUT2D eigenvalue weighted by molar-refractivity contribution is 5.65. The van der Waals surface area contributed by atoms with Crippen LogP contribution in [0, 0.1) is 13.8 Å². The van der Waals surface area contributed by atoms with Gasteiger partial charge in [-0.2, -0.15) is 0 Å². The van der Waals surface area contributed by atoms with Crippen LogP contribution >= 0.6 is 0 Å². The molecule has 3 heterocycles. The minimum absolute atomic E-state index is 0.202. The molecule has 1 saturated heterocycles. The highest BCUT2D eigenvalue weighted by Gasteiger charge is 2.31. The predicted molar refractivity (Wildman–Crippen MR) is 121 cm³/mol. The second-order valence-corrected chi connectivity index (χ2v) is 8.29. The van der Waals surface area contributed by atoms with Crippen molar-refractivity contribution in [2.24, 2.45) is 0 Å². The molecule has 3 aromatic rings. The number of aromatic nitrogens is 3. The topological polar surface area (TPSA) is 67.5 Å². The molecule has 2 aromatic heterocycles. The van der Waals surface area contributed by atoms with E-state index in [9.17, 15) is 0 Å². The number of hydrogen-bond donors (Lipinski definition) is 0. The van der Waals surface area contributed by atoms with E-state index in [0.29, 0.717) is 12.6 Å². The minimum atomic E-state index is 0.202. The third kappa shape index (κ3) is 4.42. The molecule has 1 atom stereocenters. The van der Waals surface area contributed by atoms with Gasteiger partial charge in [0, 0.05) is 32.4 Å². The second kappa shape index (κ2) is 9.06. The lowest BCUT2D eigenvalue weighted by molar-refractivity contribution is 0.244. The molecule has 1 fully saturated rings. The van der Waals surface area contributed by atoms with Crippen molar-refractivity contribution >= 4 is 5.95 Å². The molecule has 0 N–H and O–H groups in total. The zero-order chi connectivity index (χ0) is 22.0. The first-order chi connectivity index (χ1) is 15.0. The fourth-order valence-corrected chi connectivity index (χ4v) is 4.11. The predicted octanol–water partition coefficient (Wildman–Crippen LogP) is 4.55. The molecule has 4 rings (SSSR count). The van der Waals surface area contributed by atoms with Crippen molar-refractivity contribution in [1.29, 1.82) is 0 Å². The number of nitrogens with zero attached hydrogens (tertiary/aromatic N) is 5. The first-order valence-electron chi connectivity index (χ1n) is 10.9. The molecule has 1 aliphatic heterocycles. The fourth-order valence-electron chi connectivity index (χ4n) is 4.11. The van der Waals surface area contributed by atoms with Gasteiger partial charge in [0.15, 0.2) is 5.76 Å². The van der Waals surface area contributed by atoms with Crippen LogP contribution in [0.5, 0.6) is 5.75 Å². The minimum Gasteiger partial charge on any atom is -0.494 e. The Kier molecular flexibility index (Phi) is 6.23. The lowest BCUT2D eigenvalue weighted by Gasteiger charge is -2.26. The van der Waals surface area contributed by atoms with Crippen LogP contribution in [0.15, 0.2) is 35.0 Å². The molecule has 0 spiro atoms. The lowest BCUT2D eigenvalue weighted by Crippen LogP contribution is -2.25. The van der Waals surface area contributed by atoms with Gasteiger partial charge in [0.1, 0.15) is 5.75 Å². The van der Waals surface area contributed by atoms with Crippen LogP contribution in [0.2, 0.25) is 0 Å². The van der Waals surface area contributed by atoms with Gasteiger partial charge in [-0.3, -0.25) is 4.90 Å². The van der Waals surface area contributed by atoms with E-state index in [1.807, 2.05) is 58.1 Å². The van der Waals surface area contributed by atoms with E-state index >= 15 is 0 Å². The second-order valence-electron chi connectivity index (χ2n) is 8.29. The smallest absolute Gasteiger partial charge is 0.225 e. The number of anilines is 1. The van der Waals surface area contributed by atoms with Crippen molar-refractivity contribution in [3.8, 4) is 17.1 Å². The Bertz CT molecular complexity index is 1030. The van der Waals surface area contributed by atoms with Crippen LogP contribution < -0.4 is 9.64 Å². The number of ether oxygens (including phenoxy) is 1. The summed E-state index contributed by atoms with van der Waals surface area (Å²) in [5, 5.41) is 4.16. The van der Waals surface area contributed by atoms with Crippen molar-refractivity contribution in [2.45, 2.75) is 46.2 Å². The van der Waals surface area contributed by atoms with E-state index in [4.69, 9.17) is 14.2 Å². The van der Waals surface area contributed by atoms with Crippen LogP contribution in [0.3, 0.4) is 0 Å². The van der Waals surface area contributed by atoms with E-state index in [1.165, 1.54) is 5.56 Å². The van der Waals surface area contributed by atoms with Crippen LogP contribution in [0.4, 0.5) is 5.95 Å². The molecule has 1 aliphatic rings. The average molecular weight is 422 g/mol. The van der Waals surface area contributed by atoms with Crippen LogP contribution in [0.25, 0.3) is 11.3 Å². The Morgan fingerprint density at radius 1 is 1.19 bits per heavy atom. The molecule has 0 bridgehead atoms. The molecule has 0 radical (unpaired) electrons. The highest BCUT2D eigenvalue weighted by Crippen LogP contribution is 2.39. The van der Waals surface area contributed by atoms with Crippen molar-refractivity contribution in [3.05, 3.63) is 53.0 Å². The monoisotopic (exact) mass is 421 g/mol. The van der Waals surface area contributed by atoms with Gasteiger partial charge >= 0.3 is 0 Å². The number of aryl methyl sites for hydroxylation is 1. The van der Waals surface area contributed by atoms with Gasteiger partial charge in [0.05, 0.1) is 29.6 Å². The molecule has 0 aliphatic carbocycles. The molecular weight excluding hydrogens is 390 g/mol. The normalized spacial score (nSPS) is 16.6. The molecule has 0 saturated carbocycles. The zero-order valence-corrected chi connectivity index (χ0v) is 19.1. The summed E-state index contributed by atoms with van der Waals surface area (Å²) in [5.41, 5.74) is 5.16. The summed E-state index contributed by atoms with van der Waals surface area (Å²) in [5.74, 6) is 2.39. The average Bonchev–Trinajstić information content (AvgIpc) is 3.36. The highest BCUT2D eigenvalue weighted by atomic mass is 16.5. The summed E-state index contributed by atoms with van der Waals surface area (Å²) in [6.45, 7) is 8.59. The summed E-state index contributed by atoms with van der Waals surface area (Å²) in [6.07, 6.45) is 4.08. The number of hydrogen-bond acceptors (Lipinski definition) is 7. The summed E-state index contributed by atoms with van der Waals surface area (Å²) < 4.78 is 11.3. The molecule has 1 unspecified atom stereocenters. The molecule has 1 aromatic carbocycles. The maximum Gasteiger partial charge on any atom is 0.225 e. The fraction of sp³-hybridized carbons (Fsp3) is 0.458. The number of rotatable bonds is 7. The van der Waals surface area contributed by atoms with Crippen LogP contribution in [0.1, 0.15) is 48.3 Å². The summed E-state index contributed by atoms with van der Waals surface area (Å²) in [4.78, 5) is 14.0. The van der Waals surface area contributed by atoms with E-state index < -0.39 is 0 Å². The summed E-state index contributed by atoms with van der Waals surface area (Å²) in [7, 11) is 3.93. The maximum atomic E-state index is 5.70. The first-order valence-corrected chi connectivity index (χ1v) is 10.9. The van der Waals surface area contributed by atoms with Crippen LogP contribution in [-0.4, -0.2) is 47.3 Å². The lowest BCUT2D eigenvalue weighted by atomic mass is 10.0. The standard InChI is InChI=1S/C24H31N5O2/c1-6-30-19-11-9-18(10-12-19)15-29-13-7-8-21(29)22-20(14-25-24(26-22)28(4)5)23-16(2)17(3)27-31-23/h9-12,14,21H,6-8,13,15H2,1-5H3. The zero-order valence-electron chi connectivity index (χ0n) is 19.1. The van der Waals surface area contributed by atoms with Crippen molar-refractivity contribution in [1.82, 2.24) is 20.0 Å². The quantitative estimate of drug-likeness (QED) is 0.554. The molecular formula is C24H31N5O2. The third-order valence-corrected chi connectivity index (χ3v) is 5.91. The van der Waals surface area contributed by atoms with Crippen molar-refractivity contribution in [2.75, 3.05) is 32.1 Å². The Balaban J connectivity index is 1.67. The van der Waals surface area contributed by atoms with Gasteiger partial charge in [-0.25, -0.2) is 9.97 Å². The first kappa shape index (κ1) is 21.3. The SMILES string of the molecule is CCOc1ccc(CN2CCCC2c2nc(N(C)C)ncc2-c2onc(C)c2C)cc1. The van der Waals surface area contributed by atoms with Crippen molar-refractivity contribution < 1.29 is 9.26 Å². The summed E-state index contributed by atoms with van der Waals surface area (Å²) >= 11 is 0. The Labute approximate surface area is 184 Å². The van der Waals surface area contributed by atoms with Gasteiger partial charge in [-0.1, -0.05) is 17.3 Å². The maximum absolute atomic E-state index is 5.70. The van der Waals surface area contributed by atoms with E-state index in [-0.39, 0.29) is 6.04 Å².